The van der Waals surface area contributed by atoms with Gasteiger partial charge in [0.2, 0.25) is 0 Å². The topological polar surface area (TPSA) is 55.4 Å². The summed E-state index contributed by atoms with van der Waals surface area (Å²) in [5.74, 6) is 1.39. The molecular formula is C16H16O6P2. The first-order valence-corrected chi connectivity index (χ1v) is 9.75. The van der Waals surface area contributed by atoms with Crippen molar-refractivity contribution in [2.75, 3.05) is 26.4 Å². The van der Waals surface area contributed by atoms with E-state index in [1.807, 2.05) is 48.5 Å². The van der Waals surface area contributed by atoms with E-state index >= 15 is 0 Å². The van der Waals surface area contributed by atoms with E-state index in [1.54, 1.807) is 0 Å². The van der Waals surface area contributed by atoms with Gasteiger partial charge < -0.3 is 27.1 Å². The van der Waals surface area contributed by atoms with E-state index in [1.165, 1.54) is 0 Å². The van der Waals surface area contributed by atoms with Crippen LogP contribution in [0.2, 0.25) is 0 Å². The van der Waals surface area contributed by atoms with E-state index in [2.05, 4.69) is 0 Å². The largest absolute Gasteiger partial charge is 0.426 e. The van der Waals surface area contributed by atoms with E-state index in [-0.39, 0.29) is 0 Å². The van der Waals surface area contributed by atoms with Crippen LogP contribution in [0.3, 0.4) is 0 Å². The van der Waals surface area contributed by atoms with Gasteiger partial charge in [-0.1, -0.05) is 36.4 Å². The first-order valence-electron chi connectivity index (χ1n) is 7.56. The van der Waals surface area contributed by atoms with Crippen molar-refractivity contribution >= 4 is 17.2 Å². The van der Waals surface area contributed by atoms with Gasteiger partial charge in [0.15, 0.2) is 0 Å². The Kier molecular flexibility index (Phi) is 5.24. The highest BCUT2D eigenvalue weighted by Gasteiger charge is 2.25. The summed E-state index contributed by atoms with van der Waals surface area (Å²) in [6, 6.07) is 15.5. The molecule has 2 aromatic rings. The summed E-state index contributed by atoms with van der Waals surface area (Å²) in [6.07, 6.45) is 0. The van der Waals surface area contributed by atoms with Crippen molar-refractivity contribution in [2.24, 2.45) is 0 Å². The number of benzene rings is 2. The summed E-state index contributed by atoms with van der Waals surface area (Å²) >= 11 is 0. The molecule has 0 aromatic heterocycles. The molecule has 2 aromatic carbocycles. The third kappa shape index (κ3) is 3.70. The van der Waals surface area contributed by atoms with Crippen LogP contribution in [0.1, 0.15) is 0 Å². The highest BCUT2D eigenvalue weighted by atomic mass is 31.2. The van der Waals surface area contributed by atoms with Crippen molar-refractivity contribution in [2.45, 2.75) is 0 Å². The Hall–Kier alpha value is -1.26. The second-order valence-electron chi connectivity index (χ2n) is 4.96. The van der Waals surface area contributed by atoms with Gasteiger partial charge in [0, 0.05) is 11.1 Å². The number of hydrogen-bond acceptors (Lipinski definition) is 6. The van der Waals surface area contributed by atoms with E-state index in [4.69, 9.17) is 27.1 Å². The average molecular weight is 366 g/mol. The van der Waals surface area contributed by atoms with Crippen LogP contribution in [0.4, 0.5) is 0 Å². The monoisotopic (exact) mass is 366 g/mol. The molecule has 2 fully saturated rings. The number of rotatable bonds is 5. The van der Waals surface area contributed by atoms with Gasteiger partial charge in [-0.2, -0.15) is 0 Å². The van der Waals surface area contributed by atoms with Gasteiger partial charge >= 0.3 is 17.2 Å². The summed E-state index contributed by atoms with van der Waals surface area (Å²) in [7, 11) is -2.67. The Morgan fingerprint density at radius 3 is 1.38 bits per heavy atom. The van der Waals surface area contributed by atoms with E-state index in [0.717, 1.165) is 11.1 Å². The van der Waals surface area contributed by atoms with Crippen molar-refractivity contribution in [1.82, 2.24) is 0 Å². The van der Waals surface area contributed by atoms with Gasteiger partial charge in [-0.3, -0.25) is 0 Å². The number of para-hydroxylation sites is 2. The zero-order chi connectivity index (χ0) is 16.2. The van der Waals surface area contributed by atoms with Gasteiger partial charge in [-0.25, -0.2) is 0 Å². The van der Waals surface area contributed by atoms with Gasteiger partial charge in [-0.15, -0.1) is 0 Å². The minimum absolute atomic E-state index is 0.562. The summed E-state index contributed by atoms with van der Waals surface area (Å²) < 4.78 is 33.5. The van der Waals surface area contributed by atoms with Gasteiger partial charge in [-0.05, 0) is 12.1 Å². The molecule has 0 aliphatic carbocycles. The standard InChI is InChI=1S/C16H16O6P2/c1-3-7-15(21-23-17-9-10-18-23)13(5-1)14-6-2-4-8-16(14)22-24-19-11-12-20-24/h1-8H,9-12H2. The molecule has 0 N–H and O–H groups in total. The van der Waals surface area contributed by atoms with Gasteiger partial charge in [0.05, 0.1) is 26.4 Å². The van der Waals surface area contributed by atoms with Crippen LogP contribution < -0.4 is 9.05 Å². The highest BCUT2D eigenvalue weighted by molar-refractivity contribution is 7.42. The molecular weight excluding hydrogens is 350 g/mol. The zero-order valence-corrected chi connectivity index (χ0v) is 14.6. The van der Waals surface area contributed by atoms with Crippen LogP contribution in [0, 0.1) is 0 Å². The SMILES string of the molecule is c1ccc(-c2ccccc2OP2OCCO2)c(OP2OCCO2)c1. The van der Waals surface area contributed by atoms with E-state index in [9.17, 15) is 0 Å². The second kappa shape index (κ2) is 7.75. The molecule has 2 heterocycles. The van der Waals surface area contributed by atoms with Crippen LogP contribution in [0.25, 0.3) is 11.1 Å². The second-order valence-corrected chi connectivity index (χ2v) is 7.25. The Balaban J connectivity index is 1.63. The summed E-state index contributed by atoms with van der Waals surface area (Å²) in [6.45, 7) is 2.25. The van der Waals surface area contributed by atoms with Crippen molar-refractivity contribution in [3.05, 3.63) is 48.5 Å². The maximum absolute atomic E-state index is 5.89. The molecule has 8 heteroatoms. The van der Waals surface area contributed by atoms with Crippen LogP contribution in [-0.4, -0.2) is 26.4 Å². The minimum atomic E-state index is -1.34. The van der Waals surface area contributed by atoms with Crippen molar-refractivity contribution in [3.63, 3.8) is 0 Å². The first-order chi connectivity index (χ1) is 11.9. The Morgan fingerprint density at radius 2 is 0.958 bits per heavy atom. The maximum Gasteiger partial charge on any atom is 0.397 e. The molecule has 126 valence electrons. The lowest BCUT2D eigenvalue weighted by atomic mass is 10.0. The van der Waals surface area contributed by atoms with E-state index in [0.29, 0.717) is 37.9 Å². The molecule has 0 amide bonds. The lowest BCUT2D eigenvalue weighted by Gasteiger charge is -2.17. The Labute approximate surface area is 142 Å². The molecule has 0 spiro atoms. The fraction of sp³-hybridized carbons (Fsp3) is 0.250. The molecule has 0 bridgehead atoms. The average Bonchev–Trinajstić information content (AvgIpc) is 3.30. The Bertz CT molecular complexity index is 626. The first kappa shape index (κ1) is 16.2. The minimum Gasteiger partial charge on any atom is -0.426 e. The van der Waals surface area contributed by atoms with Crippen molar-refractivity contribution < 1.29 is 27.1 Å². The molecule has 2 saturated heterocycles. The van der Waals surface area contributed by atoms with Gasteiger partial charge in [0.1, 0.15) is 11.5 Å². The molecule has 0 radical (unpaired) electrons. The molecule has 24 heavy (non-hydrogen) atoms. The predicted octanol–water partition coefficient (Wildman–Crippen LogP) is 4.66. The fourth-order valence-electron chi connectivity index (χ4n) is 2.33. The zero-order valence-electron chi connectivity index (χ0n) is 12.8. The molecule has 0 unspecified atom stereocenters. The van der Waals surface area contributed by atoms with Gasteiger partial charge in [0.25, 0.3) is 0 Å². The maximum atomic E-state index is 5.89. The van der Waals surface area contributed by atoms with Crippen molar-refractivity contribution in [3.8, 4) is 22.6 Å². The van der Waals surface area contributed by atoms with Crippen LogP contribution >= 0.6 is 17.2 Å². The summed E-state index contributed by atoms with van der Waals surface area (Å²) in [5, 5.41) is 0. The molecule has 2 aliphatic rings. The third-order valence-electron chi connectivity index (χ3n) is 3.36. The molecule has 2 aliphatic heterocycles. The molecule has 6 nitrogen and oxygen atoms in total. The summed E-state index contributed by atoms with van der Waals surface area (Å²) in [5.41, 5.74) is 1.81. The normalized spacial score (nSPS) is 18.8. The van der Waals surface area contributed by atoms with Crippen LogP contribution in [0.15, 0.2) is 48.5 Å². The van der Waals surface area contributed by atoms with Crippen LogP contribution in [0.5, 0.6) is 11.5 Å². The Morgan fingerprint density at radius 1 is 0.583 bits per heavy atom. The summed E-state index contributed by atoms with van der Waals surface area (Å²) in [4.78, 5) is 0. The molecule has 4 rings (SSSR count). The lowest BCUT2D eigenvalue weighted by molar-refractivity contribution is 0.351. The quantitative estimate of drug-likeness (QED) is 0.718. The fourth-order valence-corrected chi connectivity index (χ4v) is 4.22. The third-order valence-corrected chi connectivity index (χ3v) is 5.63. The van der Waals surface area contributed by atoms with E-state index < -0.39 is 17.2 Å². The van der Waals surface area contributed by atoms with Crippen LogP contribution in [-0.2, 0) is 18.1 Å². The lowest BCUT2D eigenvalue weighted by Crippen LogP contribution is -1.93. The number of hydrogen-bond donors (Lipinski definition) is 0. The predicted molar refractivity (Wildman–Crippen MR) is 90.8 cm³/mol. The molecule has 0 saturated carbocycles. The van der Waals surface area contributed by atoms with Crippen molar-refractivity contribution in [1.29, 1.82) is 0 Å². The highest BCUT2D eigenvalue weighted by Crippen LogP contribution is 2.50. The molecule has 0 atom stereocenters. The smallest absolute Gasteiger partial charge is 0.397 e.